The number of carbonyl (C=O) groups excluding carboxylic acids is 1. The highest BCUT2D eigenvalue weighted by atomic mass is 16.5. The van der Waals surface area contributed by atoms with Crippen molar-refractivity contribution in [2.75, 3.05) is 13.2 Å². The van der Waals surface area contributed by atoms with Gasteiger partial charge < -0.3 is 10.5 Å². The Balaban J connectivity index is 2.58. The Morgan fingerprint density at radius 2 is 1.83 bits per heavy atom. The van der Waals surface area contributed by atoms with Crippen LogP contribution in [0.4, 0.5) is 0 Å². The summed E-state index contributed by atoms with van der Waals surface area (Å²) in [5.41, 5.74) is 6.60. The molecule has 0 aromatic heterocycles. The van der Waals surface area contributed by atoms with Crippen molar-refractivity contribution in [3.8, 4) is 0 Å². The second-order valence-corrected chi connectivity index (χ2v) is 4.51. The van der Waals surface area contributed by atoms with Gasteiger partial charge >= 0.3 is 5.97 Å². The van der Waals surface area contributed by atoms with E-state index < -0.39 is 0 Å². The fraction of sp³-hybridized carbons (Fsp3) is 0.533. The van der Waals surface area contributed by atoms with E-state index in [2.05, 4.69) is 13.8 Å². The first-order valence-corrected chi connectivity index (χ1v) is 6.64. The van der Waals surface area contributed by atoms with Gasteiger partial charge in [0.05, 0.1) is 12.5 Å². The molecular weight excluding hydrogens is 226 g/mol. The molecule has 3 heteroatoms. The van der Waals surface area contributed by atoms with Crippen LogP contribution in [0.3, 0.4) is 0 Å². The zero-order valence-electron chi connectivity index (χ0n) is 11.3. The number of benzene rings is 1. The quantitative estimate of drug-likeness (QED) is 0.756. The van der Waals surface area contributed by atoms with E-state index in [9.17, 15) is 4.79 Å². The molecule has 0 saturated heterocycles. The van der Waals surface area contributed by atoms with E-state index in [0.29, 0.717) is 12.5 Å². The molecule has 3 nitrogen and oxygen atoms in total. The standard InChI is InChI=1S/C15H23NO2/c1-3-12(4-2)11-18-15(17)14(10-16)13-8-6-5-7-9-13/h5-9,12,14H,3-4,10-11,16H2,1-2H3. The summed E-state index contributed by atoms with van der Waals surface area (Å²) in [5, 5.41) is 0. The number of nitrogens with two attached hydrogens (primary N) is 1. The largest absolute Gasteiger partial charge is 0.465 e. The van der Waals surface area contributed by atoms with Gasteiger partial charge in [0.25, 0.3) is 0 Å². The first-order chi connectivity index (χ1) is 8.72. The van der Waals surface area contributed by atoms with Crippen molar-refractivity contribution in [3.63, 3.8) is 0 Å². The molecule has 0 fully saturated rings. The summed E-state index contributed by atoms with van der Waals surface area (Å²) in [6, 6.07) is 9.57. The van der Waals surface area contributed by atoms with Crippen molar-refractivity contribution in [2.45, 2.75) is 32.6 Å². The lowest BCUT2D eigenvalue weighted by Crippen LogP contribution is -2.25. The Bertz CT molecular complexity index is 347. The molecule has 1 unspecified atom stereocenters. The van der Waals surface area contributed by atoms with Crippen LogP contribution in [0.1, 0.15) is 38.2 Å². The summed E-state index contributed by atoms with van der Waals surface area (Å²) in [6.45, 7) is 5.00. The lowest BCUT2D eigenvalue weighted by molar-refractivity contribution is -0.146. The average Bonchev–Trinajstić information content (AvgIpc) is 2.42. The molecule has 0 aliphatic rings. The third kappa shape index (κ3) is 4.15. The molecule has 1 aromatic carbocycles. The maximum atomic E-state index is 12.0. The number of hydrogen-bond donors (Lipinski definition) is 1. The second kappa shape index (κ2) is 7.88. The predicted octanol–water partition coefficient (Wildman–Crippen LogP) is 2.71. The number of hydrogen-bond acceptors (Lipinski definition) is 3. The zero-order chi connectivity index (χ0) is 13.4. The van der Waals surface area contributed by atoms with E-state index >= 15 is 0 Å². The Labute approximate surface area is 109 Å². The van der Waals surface area contributed by atoms with Crippen LogP contribution >= 0.6 is 0 Å². The fourth-order valence-corrected chi connectivity index (χ4v) is 1.88. The van der Waals surface area contributed by atoms with Gasteiger partial charge in [0, 0.05) is 6.54 Å². The summed E-state index contributed by atoms with van der Waals surface area (Å²) in [7, 11) is 0. The Kier molecular flexibility index (Phi) is 6.44. The van der Waals surface area contributed by atoms with Gasteiger partial charge in [0.1, 0.15) is 0 Å². The second-order valence-electron chi connectivity index (χ2n) is 4.51. The average molecular weight is 249 g/mol. The molecule has 1 aromatic rings. The van der Waals surface area contributed by atoms with Gasteiger partial charge in [0.2, 0.25) is 0 Å². The zero-order valence-corrected chi connectivity index (χ0v) is 11.3. The van der Waals surface area contributed by atoms with Crippen LogP contribution < -0.4 is 5.73 Å². The first-order valence-electron chi connectivity index (χ1n) is 6.64. The van der Waals surface area contributed by atoms with Crippen LogP contribution in [0.15, 0.2) is 30.3 Å². The van der Waals surface area contributed by atoms with Gasteiger partial charge in [0.15, 0.2) is 0 Å². The molecule has 0 aliphatic carbocycles. The summed E-state index contributed by atoms with van der Waals surface area (Å²) < 4.78 is 5.37. The SMILES string of the molecule is CCC(CC)COC(=O)C(CN)c1ccccc1. The highest BCUT2D eigenvalue weighted by molar-refractivity contribution is 5.78. The van der Waals surface area contributed by atoms with Crippen LogP contribution in [-0.2, 0) is 9.53 Å². The number of carbonyl (C=O) groups is 1. The fourth-order valence-electron chi connectivity index (χ4n) is 1.88. The third-order valence-corrected chi connectivity index (χ3v) is 3.34. The smallest absolute Gasteiger partial charge is 0.314 e. The van der Waals surface area contributed by atoms with Crippen molar-refractivity contribution in [1.29, 1.82) is 0 Å². The van der Waals surface area contributed by atoms with Gasteiger partial charge in [-0.3, -0.25) is 4.79 Å². The first kappa shape index (κ1) is 14.7. The van der Waals surface area contributed by atoms with Gasteiger partial charge in [-0.05, 0) is 11.5 Å². The van der Waals surface area contributed by atoms with Crippen LogP contribution in [-0.4, -0.2) is 19.1 Å². The van der Waals surface area contributed by atoms with Gasteiger partial charge in [-0.2, -0.15) is 0 Å². The predicted molar refractivity (Wildman–Crippen MR) is 73.3 cm³/mol. The Hall–Kier alpha value is -1.35. The van der Waals surface area contributed by atoms with Crippen LogP contribution in [0, 0.1) is 5.92 Å². The van der Waals surface area contributed by atoms with Crippen LogP contribution in [0.5, 0.6) is 0 Å². The maximum Gasteiger partial charge on any atom is 0.314 e. The van der Waals surface area contributed by atoms with Gasteiger partial charge in [-0.15, -0.1) is 0 Å². The van der Waals surface area contributed by atoms with Crippen molar-refractivity contribution in [2.24, 2.45) is 11.7 Å². The number of rotatable bonds is 7. The molecule has 1 atom stereocenters. The van der Waals surface area contributed by atoms with E-state index in [1.807, 2.05) is 30.3 Å². The molecule has 0 radical (unpaired) electrons. The molecule has 0 spiro atoms. The minimum absolute atomic E-state index is 0.212. The summed E-state index contributed by atoms with van der Waals surface area (Å²) >= 11 is 0. The Morgan fingerprint density at radius 3 is 2.33 bits per heavy atom. The topological polar surface area (TPSA) is 52.3 Å². The van der Waals surface area contributed by atoms with Crippen molar-refractivity contribution in [3.05, 3.63) is 35.9 Å². The van der Waals surface area contributed by atoms with E-state index in [0.717, 1.165) is 18.4 Å². The van der Waals surface area contributed by atoms with Crippen molar-refractivity contribution < 1.29 is 9.53 Å². The maximum absolute atomic E-state index is 12.0. The molecule has 0 amide bonds. The lowest BCUT2D eigenvalue weighted by atomic mass is 9.99. The summed E-state index contributed by atoms with van der Waals surface area (Å²) in [5.74, 6) is -0.112. The molecule has 18 heavy (non-hydrogen) atoms. The monoisotopic (exact) mass is 249 g/mol. The third-order valence-electron chi connectivity index (χ3n) is 3.34. The molecule has 0 saturated carbocycles. The highest BCUT2D eigenvalue weighted by Gasteiger charge is 2.21. The Morgan fingerprint density at radius 1 is 1.22 bits per heavy atom. The van der Waals surface area contributed by atoms with Crippen LogP contribution in [0.25, 0.3) is 0 Å². The molecule has 0 bridgehead atoms. The summed E-state index contributed by atoms with van der Waals surface area (Å²) in [4.78, 5) is 12.0. The van der Waals surface area contributed by atoms with E-state index in [4.69, 9.17) is 10.5 Å². The minimum Gasteiger partial charge on any atom is -0.465 e. The normalized spacial score (nSPS) is 12.4. The molecule has 0 heterocycles. The number of ether oxygens (including phenoxy) is 1. The van der Waals surface area contributed by atoms with Crippen molar-refractivity contribution >= 4 is 5.97 Å². The van der Waals surface area contributed by atoms with Crippen molar-refractivity contribution in [1.82, 2.24) is 0 Å². The molecule has 1 rings (SSSR count). The van der Waals surface area contributed by atoms with E-state index in [-0.39, 0.29) is 18.4 Å². The van der Waals surface area contributed by atoms with Crippen LogP contribution in [0.2, 0.25) is 0 Å². The molecular formula is C15H23NO2. The van der Waals surface area contributed by atoms with Gasteiger partial charge in [-0.25, -0.2) is 0 Å². The highest BCUT2D eigenvalue weighted by Crippen LogP contribution is 2.17. The molecule has 100 valence electrons. The molecule has 2 N–H and O–H groups in total. The van der Waals surface area contributed by atoms with Gasteiger partial charge in [-0.1, -0.05) is 57.0 Å². The molecule has 0 aliphatic heterocycles. The number of esters is 1. The van der Waals surface area contributed by atoms with E-state index in [1.165, 1.54) is 0 Å². The minimum atomic E-state index is -0.347. The van der Waals surface area contributed by atoms with E-state index in [1.54, 1.807) is 0 Å². The lowest BCUT2D eigenvalue weighted by Gasteiger charge is -2.17. The summed E-state index contributed by atoms with van der Waals surface area (Å²) in [6.07, 6.45) is 2.06.